The molecule has 21 heavy (non-hydrogen) atoms. The van der Waals surface area contributed by atoms with E-state index in [0.29, 0.717) is 6.42 Å². The Hall–Kier alpha value is -2.63. The number of aromatic carboxylic acids is 1. The second-order valence-corrected chi connectivity index (χ2v) is 4.65. The van der Waals surface area contributed by atoms with Crippen LogP contribution in [0.4, 0.5) is 15.8 Å². The van der Waals surface area contributed by atoms with E-state index in [0.717, 1.165) is 16.2 Å². The molecule has 0 bridgehead atoms. The van der Waals surface area contributed by atoms with Gasteiger partial charge in [-0.3, -0.25) is 4.79 Å². The molecule has 110 valence electrons. The molecule has 0 saturated heterocycles. The van der Waals surface area contributed by atoms with Crippen LogP contribution < -0.4 is 10.9 Å². The number of anilines is 2. The van der Waals surface area contributed by atoms with Crippen LogP contribution in [0.15, 0.2) is 35.3 Å². The lowest BCUT2D eigenvalue weighted by molar-refractivity contribution is 0.0697. The van der Waals surface area contributed by atoms with Gasteiger partial charge in [0.1, 0.15) is 5.82 Å². The standard InChI is InChI=1S/C15H15FN2O3/c1-3-9-4-5-12(11(16)6-9)17-13-7-14(19)18(2)8-10(13)15(20)21/h4-8,17H,3H2,1-2H3,(H,20,21). The number of carboxylic acid groups (broad SMARTS) is 1. The van der Waals surface area contributed by atoms with Crippen LogP contribution in [0, 0.1) is 5.82 Å². The minimum absolute atomic E-state index is 0.0637. The molecule has 0 aliphatic heterocycles. The Morgan fingerprint density at radius 3 is 2.62 bits per heavy atom. The Kier molecular flexibility index (Phi) is 4.07. The first-order valence-electron chi connectivity index (χ1n) is 6.41. The zero-order valence-corrected chi connectivity index (χ0v) is 11.7. The molecule has 1 aromatic carbocycles. The first-order valence-corrected chi connectivity index (χ1v) is 6.41. The normalized spacial score (nSPS) is 10.4. The number of carbonyl (C=O) groups is 1. The van der Waals surface area contributed by atoms with Gasteiger partial charge in [0.05, 0.1) is 16.9 Å². The average Bonchev–Trinajstić information content (AvgIpc) is 2.44. The number of rotatable bonds is 4. The highest BCUT2D eigenvalue weighted by Crippen LogP contribution is 2.23. The smallest absolute Gasteiger partial charge is 0.339 e. The van der Waals surface area contributed by atoms with Gasteiger partial charge in [-0.15, -0.1) is 0 Å². The van der Waals surface area contributed by atoms with Crippen molar-refractivity contribution in [2.45, 2.75) is 13.3 Å². The Morgan fingerprint density at radius 1 is 1.33 bits per heavy atom. The third-order valence-corrected chi connectivity index (χ3v) is 3.17. The van der Waals surface area contributed by atoms with Crippen LogP contribution in [-0.4, -0.2) is 15.6 Å². The van der Waals surface area contributed by atoms with E-state index < -0.39 is 11.8 Å². The first kappa shape index (κ1) is 14.8. The fourth-order valence-electron chi connectivity index (χ4n) is 1.93. The summed E-state index contributed by atoms with van der Waals surface area (Å²) < 4.78 is 15.1. The second-order valence-electron chi connectivity index (χ2n) is 4.65. The third-order valence-electron chi connectivity index (χ3n) is 3.17. The van der Waals surface area contributed by atoms with E-state index in [-0.39, 0.29) is 22.5 Å². The molecule has 0 radical (unpaired) electrons. The zero-order valence-electron chi connectivity index (χ0n) is 11.7. The number of aryl methyl sites for hydroxylation is 2. The van der Waals surface area contributed by atoms with E-state index in [9.17, 15) is 14.0 Å². The van der Waals surface area contributed by atoms with Gasteiger partial charge >= 0.3 is 5.97 Å². The molecule has 0 saturated carbocycles. The van der Waals surface area contributed by atoms with Gasteiger partial charge < -0.3 is 15.0 Å². The van der Waals surface area contributed by atoms with Gasteiger partial charge in [-0.05, 0) is 24.1 Å². The molecule has 2 aromatic rings. The predicted molar refractivity (Wildman–Crippen MR) is 77.7 cm³/mol. The predicted octanol–water partition coefficient (Wildman–Crippen LogP) is 2.53. The van der Waals surface area contributed by atoms with Crippen molar-refractivity contribution in [1.29, 1.82) is 0 Å². The summed E-state index contributed by atoms with van der Waals surface area (Å²) in [6, 6.07) is 5.78. The summed E-state index contributed by atoms with van der Waals surface area (Å²) in [7, 11) is 1.45. The molecule has 0 unspecified atom stereocenters. The van der Waals surface area contributed by atoms with Crippen molar-refractivity contribution in [2.75, 3.05) is 5.32 Å². The molecule has 1 aromatic heterocycles. The van der Waals surface area contributed by atoms with Gasteiger partial charge in [-0.2, -0.15) is 0 Å². The SMILES string of the molecule is CCc1ccc(Nc2cc(=O)n(C)cc2C(=O)O)c(F)c1. The number of hydrogen-bond acceptors (Lipinski definition) is 3. The Bertz CT molecular complexity index is 753. The summed E-state index contributed by atoms with van der Waals surface area (Å²) in [5.41, 5.74) is 0.543. The van der Waals surface area contributed by atoms with Gasteiger partial charge in [-0.1, -0.05) is 13.0 Å². The highest BCUT2D eigenvalue weighted by Gasteiger charge is 2.14. The number of aromatic nitrogens is 1. The Labute approximate surface area is 120 Å². The van der Waals surface area contributed by atoms with E-state index in [1.165, 1.54) is 25.4 Å². The molecule has 0 aliphatic carbocycles. The molecule has 0 spiro atoms. The van der Waals surface area contributed by atoms with Crippen LogP contribution in [0.5, 0.6) is 0 Å². The average molecular weight is 290 g/mol. The highest BCUT2D eigenvalue weighted by molar-refractivity contribution is 5.94. The monoisotopic (exact) mass is 290 g/mol. The van der Waals surface area contributed by atoms with Crippen molar-refractivity contribution >= 4 is 17.3 Å². The lowest BCUT2D eigenvalue weighted by Crippen LogP contribution is -2.19. The Morgan fingerprint density at radius 2 is 2.05 bits per heavy atom. The van der Waals surface area contributed by atoms with Crippen molar-refractivity contribution in [1.82, 2.24) is 4.57 Å². The lowest BCUT2D eigenvalue weighted by Gasteiger charge is -2.12. The van der Waals surface area contributed by atoms with Crippen LogP contribution in [-0.2, 0) is 13.5 Å². The van der Waals surface area contributed by atoms with E-state index in [1.807, 2.05) is 6.92 Å². The van der Waals surface area contributed by atoms with E-state index in [1.54, 1.807) is 6.07 Å². The fourth-order valence-corrected chi connectivity index (χ4v) is 1.93. The molecule has 0 fully saturated rings. The van der Waals surface area contributed by atoms with Crippen molar-refractivity contribution in [3.05, 3.63) is 57.8 Å². The summed E-state index contributed by atoms with van der Waals surface area (Å²) in [6.45, 7) is 1.91. The van der Waals surface area contributed by atoms with Crippen molar-refractivity contribution < 1.29 is 14.3 Å². The minimum Gasteiger partial charge on any atom is -0.478 e. The van der Waals surface area contributed by atoms with E-state index in [4.69, 9.17) is 5.11 Å². The van der Waals surface area contributed by atoms with Gasteiger partial charge in [-0.25, -0.2) is 9.18 Å². The molecule has 2 rings (SSSR count). The first-order chi connectivity index (χ1) is 9.92. The summed E-state index contributed by atoms with van der Waals surface area (Å²) in [5, 5.41) is 11.8. The molecule has 2 N–H and O–H groups in total. The molecular weight excluding hydrogens is 275 g/mol. The number of halogens is 1. The zero-order chi connectivity index (χ0) is 15.6. The largest absolute Gasteiger partial charge is 0.478 e. The second kappa shape index (κ2) is 5.78. The van der Waals surface area contributed by atoms with Crippen LogP contribution >= 0.6 is 0 Å². The summed E-state index contributed by atoms with van der Waals surface area (Å²) in [4.78, 5) is 22.8. The number of carboxylic acids is 1. The number of benzene rings is 1. The van der Waals surface area contributed by atoms with Crippen molar-refractivity contribution in [3.63, 3.8) is 0 Å². The van der Waals surface area contributed by atoms with Gasteiger partial charge in [0.15, 0.2) is 0 Å². The summed E-state index contributed by atoms with van der Waals surface area (Å²) in [5.74, 6) is -1.69. The molecule has 5 nitrogen and oxygen atoms in total. The van der Waals surface area contributed by atoms with E-state index >= 15 is 0 Å². The lowest BCUT2D eigenvalue weighted by atomic mass is 10.1. The van der Waals surface area contributed by atoms with Crippen LogP contribution in [0.25, 0.3) is 0 Å². The quantitative estimate of drug-likeness (QED) is 0.907. The topological polar surface area (TPSA) is 71.3 Å². The third kappa shape index (κ3) is 3.10. The fraction of sp³-hybridized carbons (Fsp3) is 0.200. The number of hydrogen-bond donors (Lipinski definition) is 2. The highest BCUT2D eigenvalue weighted by atomic mass is 19.1. The maximum Gasteiger partial charge on any atom is 0.339 e. The number of pyridine rings is 1. The van der Waals surface area contributed by atoms with Crippen molar-refractivity contribution in [2.24, 2.45) is 7.05 Å². The maximum atomic E-state index is 13.9. The maximum absolute atomic E-state index is 13.9. The van der Waals surface area contributed by atoms with E-state index in [2.05, 4.69) is 5.32 Å². The van der Waals surface area contributed by atoms with Crippen LogP contribution in [0.2, 0.25) is 0 Å². The summed E-state index contributed by atoms with van der Waals surface area (Å²) in [6.07, 6.45) is 1.90. The van der Waals surface area contributed by atoms with Crippen molar-refractivity contribution in [3.8, 4) is 0 Å². The molecule has 0 aliphatic rings. The van der Waals surface area contributed by atoms with Gasteiger partial charge in [0.25, 0.3) is 5.56 Å². The summed E-state index contributed by atoms with van der Waals surface area (Å²) >= 11 is 0. The molecule has 0 atom stereocenters. The minimum atomic E-state index is -1.20. The molecular formula is C15H15FN2O3. The van der Waals surface area contributed by atoms with Gasteiger partial charge in [0.2, 0.25) is 0 Å². The molecule has 6 heteroatoms. The number of nitrogens with one attached hydrogen (secondary N) is 1. The van der Waals surface area contributed by atoms with Crippen LogP contribution in [0.1, 0.15) is 22.8 Å². The molecule has 0 amide bonds. The van der Waals surface area contributed by atoms with Crippen LogP contribution in [0.3, 0.4) is 0 Å². The number of nitrogens with zero attached hydrogens (tertiary/aromatic N) is 1. The van der Waals surface area contributed by atoms with Gasteiger partial charge in [0, 0.05) is 19.3 Å². The molecule has 1 heterocycles. The Balaban J connectivity index is 2.46.